The van der Waals surface area contributed by atoms with E-state index < -0.39 is 0 Å². The molecule has 0 atom stereocenters. The number of likely N-dealkylation sites (tertiary alicyclic amines) is 2. The number of aliphatic hydroxyl groups excluding tert-OH is 1. The predicted molar refractivity (Wildman–Crippen MR) is 125 cm³/mol. The third-order valence-corrected chi connectivity index (χ3v) is 6.39. The zero-order valence-electron chi connectivity index (χ0n) is 18.9. The molecule has 6 nitrogen and oxygen atoms in total. The zero-order valence-corrected chi connectivity index (χ0v) is 18.9. The molecule has 2 aliphatic rings. The van der Waals surface area contributed by atoms with Gasteiger partial charge in [-0.2, -0.15) is 0 Å². The lowest BCUT2D eigenvalue weighted by Crippen LogP contribution is -2.48. The van der Waals surface area contributed by atoms with Crippen molar-refractivity contribution in [2.24, 2.45) is 4.99 Å². The molecule has 0 aromatic heterocycles. The van der Waals surface area contributed by atoms with Crippen molar-refractivity contribution in [3.05, 3.63) is 35.4 Å². The van der Waals surface area contributed by atoms with Gasteiger partial charge in [0.2, 0.25) is 0 Å². The highest BCUT2D eigenvalue weighted by molar-refractivity contribution is 5.80. The Hall–Kier alpha value is -1.63. The highest BCUT2D eigenvalue weighted by atomic mass is 16.3. The second-order valence-electron chi connectivity index (χ2n) is 8.81. The topological polar surface area (TPSA) is 63.1 Å². The second kappa shape index (κ2) is 12.3. The van der Waals surface area contributed by atoms with Gasteiger partial charge >= 0.3 is 0 Å². The van der Waals surface area contributed by atoms with Crippen molar-refractivity contribution >= 4 is 5.96 Å². The standard InChI is InChI=1S/C24H41N5O/c1-3-25-24(26-13-6-14-28-17-11-23(30)12-18-28)27-22-9-15-29(16-10-22)19-21-8-5-4-7-20(21)2/h4-5,7-8,22-23,30H,3,6,9-19H2,1-2H3,(H2,25,26,27). The second-order valence-corrected chi connectivity index (χ2v) is 8.81. The number of piperidine rings is 2. The first-order valence-electron chi connectivity index (χ1n) is 11.9. The van der Waals surface area contributed by atoms with Crippen molar-refractivity contribution < 1.29 is 5.11 Å². The molecule has 0 spiro atoms. The van der Waals surface area contributed by atoms with E-state index in [4.69, 9.17) is 4.99 Å². The molecule has 2 saturated heterocycles. The molecule has 0 aliphatic carbocycles. The van der Waals surface area contributed by atoms with Crippen LogP contribution in [0.25, 0.3) is 0 Å². The fraction of sp³-hybridized carbons (Fsp3) is 0.708. The lowest BCUT2D eigenvalue weighted by atomic mass is 10.0. The summed E-state index contributed by atoms with van der Waals surface area (Å²) in [4.78, 5) is 9.83. The number of guanidine groups is 1. The minimum Gasteiger partial charge on any atom is -0.393 e. The van der Waals surface area contributed by atoms with Crippen molar-refractivity contribution in [1.82, 2.24) is 20.4 Å². The molecule has 2 heterocycles. The number of nitrogens with one attached hydrogen (secondary N) is 2. The first kappa shape index (κ1) is 23.0. The fourth-order valence-electron chi connectivity index (χ4n) is 4.41. The molecule has 0 amide bonds. The molecular weight excluding hydrogens is 374 g/mol. The highest BCUT2D eigenvalue weighted by Gasteiger charge is 2.20. The number of aliphatic imine (C=N–C) groups is 1. The summed E-state index contributed by atoms with van der Waals surface area (Å²) in [5, 5.41) is 16.7. The van der Waals surface area contributed by atoms with E-state index in [1.807, 2.05) is 0 Å². The zero-order chi connectivity index (χ0) is 21.2. The van der Waals surface area contributed by atoms with Crippen molar-refractivity contribution in [2.75, 3.05) is 45.8 Å². The van der Waals surface area contributed by atoms with Gasteiger partial charge in [0, 0.05) is 51.9 Å². The summed E-state index contributed by atoms with van der Waals surface area (Å²) in [5.41, 5.74) is 2.84. The number of nitrogens with zero attached hydrogens (tertiary/aromatic N) is 3. The molecule has 168 valence electrons. The van der Waals surface area contributed by atoms with E-state index in [1.165, 1.54) is 11.1 Å². The third-order valence-electron chi connectivity index (χ3n) is 6.39. The summed E-state index contributed by atoms with van der Waals surface area (Å²) in [6.45, 7) is 12.5. The molecule has 30 heavy (non-hydrogen) atoms. The quantitative estimate of drug-likeness (QED) is 0.346. The van der Waals surface area contributed by atoms with Crippen LogP contribution in [0, 0.1) is 6.92 Å². The maximum absolute atomic E-state index is 9.62. The molecule has 2 aliphatic heterocycles. The Bertz CT molecular complexity index is 649. The van der Waals surface area contributed by atoms with Gasteiger partial charge in [-0.05, 0) is 63.6 Å². The minimum absolute atomic E-state index is 0.0908. The molecule has 3 N–H and O–H groups in total. The van der Waals surface area contributed by atoms with Gasteiger partial charge in [-0.15, -0.1) is 0 Å². The van der Waals surface area contributed by atoms with Crippen LogP contribution in [0.5, 0.6) is 0 Å². The Morgan fingerprint density at radius 3 is 2.47 bits per heavy atom. The first-order valence-corrected chi connectivity index (χ1v) is 11.9. The van der Waals surface area contributed by atoms with Crippen molar-refractivity contribution in [2.45, 2.75) is 64.6 Å². The van der Waals surface area contributed by atoms with Crippen molar-refractivity contribution in [1.29, 1.82) is 0 Å². The summed E-state index contributed by atoms with van der Waals surface area (Å²) in [6.07, 6.45) is 5.12. The number of rotatable bonds is 8. The van der Waals surface area contributed by atoms with Gasteiger partial charge in [-0.25, -0.2) is 0 Å². The molecular formula is C24H41N5O. The van der Waals surface area contributed by atoms with E-state index in [0.29, 0.717) is 6.04 Å². The Kier molecular flexibility index (Phi) is 9.43. The third kappa shape index (κ3) is 7.56. The molecule has 0 radical (unpaired) electrons. The molecule has 3 rings (SSSR count). The van der Waals surface area contributed by atoms with E-state index in [9.17, 15) is 5.11 Å². The van der Waals surface area contributed by atoms with Crippen molar-refractivity contribution in [3.63, 3.8) is 0 Å². The Morgan fingerprint density at radius 2 is 1.77 bits per heavy atom. The Morgan fingerprint density at radius 1 is 1.07 bits per heavy atom. The largest absolute Gasteiger partial charge is 0.393 e. The smallest absolute Gasteiger partial charge is 0.191 e. The molecule has 1 aromatic carbocycles. The molecule has 0 unspecified atom stereocenters. The molecule has 6 heteroatoms. The van der Waals surface area contributed by atoms with Gasteiger partial charge in [0.15, 0.2) is 5.96 Å². The molecule has 2 fully saturated rings. The maximum atomic E-state index is 9.62. The van der Waals surface area contributed by atoms with Gasteiger partial charge in [-0.3, -0.25) is 9.89 Å². The number of benzene rings is 1. The highest BCUT2D eigenvalue weighted by Crippen LogP contribution is 2.16. The average molecular weight is 416 g/mol. The van der Waals surface area contributed by atoms with E-state index in [2.05, 4.69) is 58.5 Å². The van der Waals surface area contributed by atoms with Crippen LogP contribution < -0.4 is 10.6 Å². The van der Waals surface area contributed by atoms with Gasteiger partial charge in [0.05, 0.1) is 6.10 Å². The van der Waals surface area contributed by atoms with E-state index >= 15 is 0 Å². The van der Waals surface area contributed by atoms with Gasteiger partial charge in [0.25, 0.3) is 0 Å². The monoisotopic (exact) mass is 415 g/mol. The van der Waals surface area contributed by atoms with Gasteiger partial charge < -0.3 is 20.6 Å². The fourth-order valence-corrected chi connectivity index (χ4v) is 4.41. The lowest BCUT2D eigenvalue weighted by molar-refractivity contribution is 0.0824. The summed E-state index contributed by atoms with van der Waals surface area (Å²) in [6, 6.07) is 9.22. The predicted octanol–water partition coefficient (Wildman–Crippen LogP) is 2.36. The van der Waals surface area contributed by atoms with Crippen LogP contribution in [0.15, 0.2) is 29.3 Å². The normalized spacial score (nSPS) is 20.4. The van der Waals surface area contributed by atoms with Crippen LogP contribution >= 0.6 is 0 Å². The molecule has 0 bridgehead atoms. The van der Waals surface area contributed by atoms with Crippen LogP contribution in [0.2, 0.25) is 0 Å². The van der Waals surface area contributed by atoms with Crippen LogP contribution in [-0.4, -0.2) is 78.8 Å². The van der Waals surface area contributed by atoms with Gasteiger partial charge in [-0.1, -0.05) is 24.3 Å². The van der Waals surface area contributed by atoms with E-state index in [-0.39, 0.29) is 6.10 Å². The summed E-state index contributed by atoms with van der Waals surface area (Å²) < 4.78 is 0. The summed E-state index contributed by atoms with van der Waals surface area (Å²) in [7, 11) is 0. The number of aryl methyl sites for hydroxylation is 1. The van der Waals surface area contributed by atoms with Gasteiger partial charge in [0.1, 0.15) is 0 Å². The summed E-state index contributed by atoms with van der Waals surface area (Å²) in [5.74, 6) is 0.962. The summed E-state index contributed by atoms with van der Waals surface area (Å²) >= 11 is 0. The van der Waals surface area contributed by atoms with Crippen LogP contribution in [-0.2, 0) is 6.54 Å². The molecule has 0 saturated carbocycles. The van der Waals surface area contributed by atoms with Crippen molar-refractivity contribution in [3.8, 4) is 0 Å². The maximum Gasteiger partial charge on any atom is 0.191 e. The van der Waals surface area contributed by atoms with E-state index in [1.54, 1.807) is 0 Å². The van der Waals surface area contributed by atoms with Crippen LogP contribution in [0.3, 0.4) is 0 Å². The van der Waals surface area contributed by atoms with Crippen LogP contribution in [0.4, 0.5) is 0 Å². The number of hydrogen-bond donors (Lipinski definition) is 3. The minimum atomic E-state index is -0.0908. The number of hydrogen-bond acceptors (Lipinski definition) is 4. The Labute approximate surface area is 182 Å². The number of aliphatic hydroxyl groups is 1. The first-order chi connectivity index (χ1) is 14.6. The van der Waals surface area contributed by atoms with Crippen LogP contribution in [0.1, 0.15) is 50.2 Å². The molecule has 1 aromatic rings. The lowest BCUT2D eigenvalue weighted by Gasteiger charge is -2.33. The average Bonchev–Trinajstić information content (AvgIpc) is 2.75. The Balaban J connectivity index is 1.37. The SMILES string of the molecule is CCNC(=NCCCN1CCC(O)CC1)NC1CCN(Cc2ccccc2C)CC1. The van der Waals surface area contributed by atoms with E-state index in [0.717, 1.165) is 90.4 Å².